The van der Waals surface area contributed by atoms with E-state index in [0.29, 0.717) is 25.9 Å². The predicted octanol–water partition coefficient (Wildman–Crippen LogP) is 21.9. The maximum atomic E-state index is 12.9. The van der Waals surface area contributed by atoms with E-state index >= 15 is 0 Å². The van der Waals surface area contributed by atoms with E-state index in [0.717, 1.165) is 155 Å². The number of aliphatic hydroxyl groups excluding tert-OH is 2. The summed E-state index contributed by atoms with van der Waals surface area (Å²) in [6, 6.07) is -1.35. The molecule has 0 bridgehead atoms. The van der Waals surface area contributed by atoms with Crippen LogP contribution in [0.15, 0.2) is 24.3 Å². The van der Waals surface area contributed by atoms with Crippen molar-refractivity contribution < 1.29 is 38.9 Å². The Labute approximate surface area is 706 Å². The maximum absolute atomic E-state index is 12.9. The standard InChI is InChI=1S/2C48H97N5O4/c1-6-8-10-12-14-16-18-20-22-24-26-28-30-36-46(54)45(51-47(55)37-31-29-27-25-23-21-19-17-15-13-11-9-7-2)44-57-48(56)50-39-35-43-53(5)41-33-32-40-52(4)42-34-38-49-3;1-6-8-10-12-14-16-18-20-22-24-26-28-30-36-46(57-48(56)50-39-35-43-53(5)41-33-32-40-52(4)42-34-38-49-3)45(44-54)51-47(55)37-31-29-27-25-23-21-19-17-15-13-11-9-7-2/h2*30,36,45-46,49,54H,6-29,31-35,37-44H2,1-5H3,(H,50,56)(H,51,55)/b2*36-30+/t2*45-,46+/m00/s1. The van der Waals surface area contributed by atoms with Crippen LogP contribution >= 0.6 is 0 Å². The minimum Gasteiger partial charge on any atom is -0.447 e. The highest BCUT2D eigenvalue weighted by Crippen LogP contribution is 2.19. The van der Waals surface area contributed by atoms with Gasteiger partial charge in [0.15, 0.2) is 0 Å². The molecular formula is C96H194N10O8. The molecule has 114 heavy (non-hydrogen) atoms. The molecule has 18 nitrogen and oxygen atoms in total. The number of hydrogen-bond donors (Lipinski definition) is 8. The molecule has 0 aliphatic heterocycles. The van der Waals surface area contributed by atoms with Gasteiger partial charge in [-0.2, -0.15) is 0 Å². The van der Waals surface area contributed by atoms with Crippen molar-refractivity contribution in [3.63, 3.8) is 0 Å². The molecule has 0 aliphatic carbocycles. The highest BCUT2D eigenvalue weighted by Gasteiger charge is 2.25. The predicted molar refractivity (Wildman–Crippen MR) is 490 cm³/mol. The molecule has 0 spiro atoms. The maximum Gasteiger partial charge on any atom is 0.407 e. The van der Waals surface area contributed by atoms with E-state index in [1.807, 2.05) is 26.2 Å². The van der Waals surface area contributed by atoms with E-state index in [1.54, 1.807) is 6.08 Å². The van der Waals surface area contributed by atoms with E-state index in [4.69, 9.17) is 9.47 Å². The van der Waals surface area contributed by atoms with Crippen molar-refractivity contribution in [2.75, 3.05) is 134 Å². The second-order valence-electron chi connectivity index (χ2n) is 34.1. The molecule has 0 saturated heterocycles. The lowest BCUT2D eigenvalue weighted by molar-refractivity contribution is -0.123. The van der Waals surface area contributed by atoms with Crippen LogP contribution < -0.4 is 31.9 Å². The minimum absolute atomic E-state index is 0.0660. The lowest BCUT2D eigenvalue weighted by Gasteiger charge is -2.24. The second kappa shape index (κ2) is 91.9. The molecule has 0 heterocycles. The van der Waals surface area contributed by atoms with Crippen molar-refractivity contribution in [2.45, 2.75) is 437 Å². The van der Waals surface area contributed by atoms with E-state index in [2.05, 4.69) is 113 Å². The summed E-state index contributed by atoms with van der Waals surface area (Å²) >= 11 is 0. The van der Waals surface area contributed by atoms with Gasteiger partial charge in [0, 0.05) is 25.9 Å². The fraction of sp³-hybridized carbons (Fsp3) is 0.917. The molecule has 676 valence electrons. The SMILES string of the molecule is CCCCCCCCCCCCC/C=C/[C@@H](O)[C@H](COC(=O)NCCCN(C)CCCCN(C)CCCNC)NC(=O)CCCCCCCCCCCCCCC.CCCCCCCCCCCCC/C=C/[C@@H](OC(=O)NCCCN(C)CCCCN(C)CCCNC)[C@H](CO)NC(=O)CCCCCCCCCCCCCCC. The number of alkyl carbamates (subject to hydrolysis) is 2. The van der Waals surface area contributed by atoms with Crippen LogP contribution in [0.5, 0.6) is 0 Å². The Morgan fingerprint density at radius 2 is 0.588 bits per heavy atom. The van der Waals surface area contributed by atoms with Gasteiger partial charge in [0.05, 0.1) is 24.8 Å². The van der Waals surface area contributed by atoms with Gasteiger partial charge >= 0.3 is 12.2 Å². The number of unbranched alkanes of at least 4 members (excludes halogenated alkanes) is 48. The zero-order chi connectivity index (χ0) is 83.7. The molecule has 0 radical (unpaired) electrons. The number of amides is 4. The van der Waals surface area contributed by atoms with E-state index in [9.17, 15) is 29.4 Å². The van der Waals surface area contributed by atoms with Crippen molar-refractivity contribution in [2.24, 2.45) is 0 Å². The van der Waals surface area contributed by atoms with Crippen LogP contribution in [0.3, 0.4) is 0 Å². The third-order valence-electron chi connectivity index (χ3n) is 22.5. The first-order valence-electron chi connectivity index (χ1n) is 48.8. The van der Waals surface area contributed by atoms with Crippen molar-refractivity contribution in [3.05, 3.63) is 24.3 Å². The van der Waals surface area contributed by atoms with Crippen LogP contribution in [0, 0.1) is 0 Å². The van der Waals surface area contributed by atoms with E-state index < -0.39 is 36.5 Å². The largest absolute Gasteiger partial charge is 0.447 e. The third kappa shape index (κ3) is 85.1. The molecule has 0 rings (SSSR count). The van der Waals surface area contributed by atoms with Gasteiger partial charge in [-0.05, 0) is 204 Å². The van der Waals surface area contributed by atoms with Crippen LogP contribution in [0.2, 0.25) is 0 Å². The number of aliphatic hydroxyl groups is 2. The Balaban J connectivity index is 0. The summed E-state index contributed by atoms with van der Waals surface area (Å²) in [4.78, 5) is 60.8. The summed E-state index contributed by atoms with van der Waals surface area (Å²) in [5, 5.41) is 39.5. The van der Waals surface area contributed by atoms with Gasteiger partial charge < -0.3 is 71.2 Å². The first-order valence-corrected chi connectivity index (χ1v) is 48.8. The number of nitrogens with zero attached hydrogens (tertiary/aromatic N) is 4. The van der Waals surface area contributed by atoms with Crippen molar-refractivity contribution >= 4 is 24.0 Å². The molecule has 18 heteroatoms. The molecule has 8 N–H and O–H groups in total. The van der Waals surface area contributed by atoms with Crippen LogP contribution in [0.1, 0.15) is 413 Å². The lowest BCUT2D eigenvalue weighted by atomic mass is 10.0. The molecule has 0 aromatic heterocycles. The minimum atomic E-state index is -0.914. The smallest absolute Gasteiger partial charge is 0.407 e. The summed E-state index contributed by atoms with van der Waals surface area (Å²) in [7, 11) is 12.7. The number of hydrogen-bond acceptors (Lipinski definition) is 14. The van der Waals surface area contributed by atoms with Crippen LogP contribution in [0.25, 0.3) is 0 Å². The summed E-state index contributed by atoms with van der Waals surface area (Å²) < 4.78 is 11.4. The fourth-order valence-corrected chi connectivity index (χ4v) is 14.8. The number of rotatable bonds is 88. The molecule has 0 fully saturated rings. The Hall–Kier alpha value is -3.36. The molecule has 0 aromatic carbocycles. The van der Waals surface area contributed by atoms with Gasteiger partial charge in [-0.15, -0.1) is 0 Å². The molecule has 4 atom stereocenters. The van der Waals surface area contributed by atoms with E-state index in [1.165, 1.54) is 283 Å². The first-order chi connectivity index (χ1) is 55.7. The molecule has 0 saturated carbocycles. The Bertz CT molecular complexity index is 2020. The monoisotopic (exact) mass is 1620 g/mol. The van der Waals surface area contributed by atoms with Gasteiger partial charge in [0.2, 0.25) is 11.8 Å². The zero-order valence-electron chi connectivity index (χ0n) is 77.1. The van der Waals surface area contributed by atoms with Crippen molar-refractivity contribution in [3.8, 4) is 0 Å². The van der Waals surface area contributed by atoms with Gasteiger partial charge in [0.1, 0.15) is 12.7 Å². The third-order valence-corrected chi connectivity index (χ3v) is 22.5. The van der Waals surface area contributed by atoms with Gasteiger partial charge in [-0.3, -0.25) is 9.59 Å². The number of ether oxygens (including phenoxy) is 2. The number of nitrogens with one attached hydrogen (secondary N) is 6. The molecule has 0 aliphatic rings. The quantitative estimate of drug-likeness (QED) is 0.0210. The van der Waals surface area contributed by atoms with Gasteiger partial charge in [-0.25, -0.2) is 9.59 Å². The van der Waals surface area contributed by atoms with Crippen LogP contribution in [0.4, 0.5) is 9.59 Å². The number of carbonyl (C=O) groups excluding carboxylic acids is 4. The molecule has 0 aromatic rings. The number of allylic oxidation sites excluding steroid dienone is 2. The fourth-order valence-electron chi connectivity index (χ4n) is 14.8. The summed E-state index contributed by atoms with van der Waals surface area (Å²) in [6.07, 6.45) is 77.9. The Morgan fingerprint density at radius 1 is 0.325 bits per heavy atom. The normalized spacial score (nSPS) is 12.8. The highest BCUT2D eigenvalue weighted by molar-refractivity contribution is 5.77. The second-order valence-corrected chi connectivity index (χ2v) is 34.1. The summed E-state index contributed by atoms with van der Waals surface area (Å²) in [5.41, 5.74) is 0. The van der Waals surface area contributed by atoms with Gasteiger partial charge in [-0.1, -0.05) is 328 Å². The Kier molecular flexibility index (Phi) is 90.9. The summed E-state index contributed by atoms with van der Waals surface area (Å²) in [5.74, 6) is -0.179. The van der Waals surface area contributed by atoms with Crippen molar-refractivity contribution in [1.29, 1.82) is 0 Å². The van der Waals surface area contributed by atoms with Crippen LogP contribution in [-0.2, 0) is 19.1 Å². The molecule has 4 amide bonds. The van der Waals surface area contributed by atoms with Crippen LogP contribution in [-0.4, -0.2) is 212 Å². The average Bonchev–Trinajstić information content (AvgIpc) is 0.909. The lowest BCUT2D eigenvalue weighted by Crippen LogP contribution is -2.48. The zero-order valence-corrected chi connectivity index (χ0v) is 77.1. The number of carbonyl (C=O) groups is 4. The van der Waals surface area contributed by atoms with Gasteiger partial charge in [0.25, 0.3) is 0 Å². The molecule has 0 unspecified atom stereocenters. The topological polar surface area (TPSA) is 212 Å². The average molecular weight is 1620 g/mol. The molecular weight excluding hydrogens is 1420 g/mol. The van der Waals surface area contributed by atoms with Crippen molar-refractivity contribution in [1.82, 2.24) is 51.5 Å². The highest BCUT2D eigenvalue weighted by atomic mass is 16.6. The van der Waals surface area contributed by atoms with E-state index in [-0.39, 0.29) is 25.0 Å². The first kappa shape index (κ1) is 113. The Morgan fingerprint density at radius 3 is 0.895 bits per heavy atom. The summed E-state index contributed by atoms with van der Waals surface area (Å²) in [6.45, 7) is 20.2.